The Balaban J connectivity index is -0.000000369. The normalized spacial score (nSPS) is 9.59. The van der Waals surface area contributed by atoms with Crippen LogP contribution in [0, 0.1) is 0 Å². The van der Waals surface area contributed by atoms with Crippen molar-refractivity contribution in [1.82, 2.24) is 0 Å². The highest BCUT2D eigenvalue weighted by Crippen LogP contribution is 2.14. The number of allylic oxidation sites excluding steroid dienone is 1. The molecule has 11 heteroatoms. The number of alkyl halides is 3. The van der Waals surface area contributed by atoms with Crippen molar-refractivity contribution in [3.8, 4) is 0 Å². The molecular formula is C18H23F3O8. The number of hydrogen-bond acceptors (Lipinski definition) is 7. The molecule has 0 unspecified atom stereocenters. The molecule has 0 amide bonds. The fraction of sp³-hybridized carbons (Fsp3) is 0.333. The monoisotopic (exact) mass is 424 g/mol. The van der Waals surface area contributed by atoms with E-state index in [0.29, 0.717) is 0 Å². The van der Waals surface area contributed by atoms with Gasteiger partial charge in [0.25, 0.3) is 0 Å². The molecule has 0 aromatic rings. The quantitative estimate of drug-likeness (QED) is 0.377. The van der Waals surface area contributed by atoms with E-state index in [4.69, 9.17) is 5.11 Å². The summed E-state index contributed by atoms with van der Waals surface area (Å²) in [5, 5.41) is 8.19. The van der Waals surface area contributed by atoms with Crippen molar-refractivity contribution in [2.45, 2.75) is 19.5 Å². The van der Waals surface area contributed by atoms with Gasteiger partial charge >= 0.3 is 30.1 Å². The molecule has 0 heterocycles. The molecule has 164 valence electrons. The Morgan fingerprint density at radius 2 is 1.55 bits per heavy atom. The third-order valence-electron chi connectivity index (χ3n) is 2.18. The van der Waals surface area contributed by atoms with Crippen LogP contribution in [-0.2, 0) is 33.4 Å². The van der Waals surface area contributed by atoms with Gasteiger partial charge in [0.15, 0.2) is 6.61 Å². The van der Waals surface area contributed by atoms with Gasteiger partial charge in [0.05, 0.1) is 14.2 Å². The van der Waals surface area contributed by atoms with Gasteiger partial charge in [-0.2, -0.15) is 13.2 Å². The fourth-order valence-corrected chi connectivity index (χ4v) is 0.884. The smallest absolute Gasteiger partial charge is 0.422 e. The maximum Gasteiger partial charge on any atom is 0.422 e. The van der Waals surface area contributed by atoms with Gasteiger partial charge in [0, 0.05) is 23.3 Å². The highest BCUT2D eigenvalue weighted by atomic mass is 19.4. The minimum Gasteiger partial charge on any atom is -0.478 e. The molecule has 0 spiro atoms. The molecule has 0 aliphatic heterocycles. The number of carbonyl (C=O) groups excluding carboxylic acids is 3. The number of ether oxygens (including phenoxy) is 3. The molecule has 0 aromatic carbocycles. The van der Waals surface area contributed by atoms with E-state index in [1.165, 1.54) is 27.2 Å². The molecule has 0 atom stereocenters. The first-order valence-corrected chi connectivity index (χ1v) is 7.47. The number of carbonyl (C=O) groups is 4. The van der Waals surface area contributed by atoms with E-state index in [1.54, 1.807) is 0 Å². The summed E-state index contributed by atoms with van der Waals surface area (Å²) >= 11 is 0. The van der Waals surface area contributed by atoms with E-state index in [2.05, 4.69) is 33.9 Å². The topological polar surface area (TPSA) is 116 Å². The molecule has 29 heavy (non-hydrogen) atoms. The predicted molar refractivity (Wildman–Crippen MR) is 96.6 cm³/mol. The summed E-state index contributed by atoms with van der Waals surface area (Å²) in [6, 6.07) is 0. The number of aliphatic carboxylic acids is 1. The van der Waals surface area contributed by atoms with Gasteiger partial charge in [0.2, 0.25) is 0 Å². The third-order valence-corrected chi connectivity index (χ3v) is 2.18. The molecule has 0 saturated heterocycles. The average Bonchev–Trinajstić information content (AvgIpc) is 2.64. The van der Waals surface area contributed by atoms with E-state index in [0.717, 1.165) is 12.2 Å². The number of carboxylic acid groups (broad SMARTS) is 1. The van der Waals surface area contributed by atoms with Crippen LogP contribution in [0.2, 0.25) is 0 Å². The Morgan fingerprint density at radius 1 is 1.03 bits per heavy atom. The predicted octanol–water partition coefficient (Wildman–Crippen LogP) is 2.76. The SMILES string of the molecule is C=C(C)C(=O)OCC(F)(F)F.C=C(CC=CC(=O)O)C(=O)OC.C=CC(=O)OC. The van der Waals surface area contributed by atoms with E-state index in [9.17, 15) is 32.3 Å². The Bertz CT molecular complexity index is 634. The van der Waals surface area contributed by atoms with Crippen LogP contribution in [0.4, 0.5) is 13.2 Å². The van der Waals surface area contributed by atoms with E-state index in [1.807, 2.05) is 0 Å². The summed E-state index contributed by atoms with van der Waals surface area (Å²) in [6.07, 6.45) is -0.875. The van der Waals surface area contributed by atoms with Crippen LogP contribution in [-0.4, -0.2) is 56.0 Å². The lowest BCUT2D eigenvalue weighted by atomic mass is 10.2. The molecule has 0 aromatic heterocycles. The molecule has 0 aliphatic carbocycles. The lowest BCUT2D eigenvalue weighted by molar-refractivity contribution is -0.183. The molecule has 0 fully saturated rings. The molecule has 0 aliphatic rings. The zero-order valence-corrected chi connectivity index (χ0v) is 16.2. The van der Waals surface area contributed by atoms with E-state index in [-0.39, 0.29) is 17.6 Å². The number of methoxy groups -OCH3 is 2. The van der Waals surface area contributed by atoms with Gasteiger partial charge in [-0.25, -0.2) is 19.2 Å². The van der Waals surface area contributed by atoms with Crippen molar-refractivity contribution in [2.75, 3.05) is 20.8 Å². The van der Waals surface area contributed by atoms with Crippen LogP contribution in [0.15, 0.2) is 49.1 Å². The van der Waals surface area contributed by atoms with Gasteiger partial charge in [-0.1, -0.05) is 25.8 Å². The standard InChI is InChI=1S/C8H10O4.C6H7F3O2.C4H6O2/c1-6(8(11)12-2)4-3-5-7(9)10;1-4(2)5(10)11-3-6(7,8)9;1-3-4(5)6-2/h3,5H,1,4H2,2H3,(H,9,10);1,3H2,2H3;3H,1H2,2H3. The molecular weight excluding hydrogens is 401 g/mol. The fourth-order valence-electron chi connectivity index (χ4n) is 0.884. The molecule has 1 N–H and O–H groups in total. The first kappa shape index (κ1) is 30.4. The summed E-state index contributed by atoms with van der Waals surface area (Å²) in [4.78, 5) is 40.9. The number of halogens is 3. The second kappa shape index (κ2) is 16.8. The van der Waals surface area contributed by atoms with Gasteiger partial charge in [-0.05, 0) is 13.3 Å². The first-order valence-electron chi connectivity index (χ1n) is 7.47. The summed E-state index contributed by atoms with van der Waals surface area (Å²) in [5.74, 6) is -2.99. The summed E-state index contributed by atoms with van der Waals surface area (Å²) < 4.78 is 46.4. The Labute approximate surface area is 165 Å². The van der Waals surface area contributed by atoms with E-state index >= 15 is 0 Å². The van der Waals surface area contributed by atoms with Gasteiger partial charge < -0.3 is 19.3 Å². The highest BCUT2D eigenvalue weighted by Gasteiger charge is 2.29. The van der Waals surface area contributed by atoms with Crippen molar-refractivity contribution in [3.63, 3.8) is 0 Å². The molecule has 8 nitrogen and oxygen atoms in total. The summed E-state index contributed by atoms with van der Waals surface area (Å²) in [5.41, 5.74) is 0.184. The lowest BCUT2D eigenvalue weighted by Crippen LogP contribution is -2.20. The minimum atomic E-state index is -4.47. The van der Waals surface area contributed by atoms with Gasteiger partial charge in [0.1, 0.15) is 0 Å². The van der Waals surface area contributed by atoms with Gasteiger partial charge in [-0.3, -0.25) is 0 Å². The van der Waals surface area contributed by atoms with Crippen molar-refractivity contribution >= 4 is 23.9 Å². The van der Waals surface area contributed by atoms with Crippen molar-refractivity contribution in [3.05, 3.63) is 49.1 Å². The van der Waals surface area contributed by atoms with Crippen LogP contribution < -0.4 is 0 Å². The van der Waals surface area contributed by atoms with Crippen LogP contribution in [0.5, 0.6) is 0 Å². The Hall–Kier alpha value is -3.37. The van der Waals surface area contributed by atoms with Crippen LogP contribution in [0.1, 0.15) is 13.3 Å². The second-order valence-corrected chi connectivity index (χ2v) is 4.74. The maximum absolute atomic E-state index is 11.4. The van der Waals surface area contributed by atoms with Crippen molar-refractivity contribution in [2.24, 2.45) is 0 Å². The Morgan fingerprint density at radius 3 is 1.83 bits per heavy atom. The maximum atomic E-state index is 11.4. The zero-order chi connectivity index (χ0) is 23.6. The van der Waals surface area contributed by atoms with Crippen molar-refractivity contribution in [1.29, 1.82) is 0 Å². The lowest BCUT2D eigenvalue weighted by Gasteiger charge is -2.06. The van der Waals surface area contributed by atoms with Crippen molar-refractivity contribution < 1.29 is 51.7 Å². The number of rotatable bonds is 7. The molecule has 0 saturated carbocycles. The first-order chi connectivity index (χ1) is 13.2. The minimum absolute atomic E-state index is 0.0470. The molecule has 0 radical (unpaired) electrons. The summed E-state index contributed by atoms with van der Waals surface area (Å²) in [6.45, 7) is 9.39. The second-order valence-electron chi connectivity index (χ2n) is 4.74. The average molecular weight is 424 g/mol. The van der Waals surface area contributed by atoms with E-state index < -0.39 is 36.7 Å². The largest absolute Gasteiger partial charge is 0.478 e. The number of esters is 3. The van der Waals surface area contributed by atoms with Gasteiger partial charge in [-0.15, -0.1) is 0 Å². The highest BCUT2D eigenvalue weighted by molar-refractivity contribution is 5.88. The zero-order valence-electron chi connectivity index (χ0n) is 16.2. The number of hydrogen-bond donors (Lipinski definition) is 1. The van der Waals surface area contributed by atoms with Crippen LogP contribution in [0.3, 0.4) is 0 Å². The Kier molecular flexibility index (Phi) is 17.6. The summed E-state index contributed by atoms with van der Waals surface area (Å²) in [7, 11) is 2.55. The molecule has 0 rings (SSSR count). The van der Waals surface area contributed by atoms with Crippen LogP contribution >= 0.6 is 0 Å². The third kappa shape index (κ3) is 24.6. The molecule has 0 bridgehead atoms. The number of carboxylic acids is 1. The van der Waals surface area contributed by atoms with Crippen LogP contribution in [0.25, 0.3) is 0 Å².